The number of hydrogen-bond donors (Lipinski definition) is 1. The molecule has 35 heavy (non-hydrogen) atoms. The van der Waals surface area contributed by atoms with Crippen LogP contribution in [0, 0.1) is 6.92 Å². The van der Waals surface area contributed by atoms with Crippen LogP contribution in [0.5, 0.6) is 5.19 Å². The quantitative estimate of drug-likeness (QED) is 0.500. The van der Waals surface area contributed by atoms with Crippen LogP contribution in [0.3, 0.4) is 0 Å². The number of amides is 1. The van der Waals surface area contributed by atoms with Crippen LogP contribution in [-0.2, 0) is 24.1 Å². The molecule has 1 fully saturated rings. The number of nitrogens with zero attached hydrogens (tertiary/aromatic N) is 3. The van der Waals surface area contributed by atoms with Gasteiger partial charge in [0.05, 0.1) is 17.1 Å². The molecule has 4 rings (SSSR count). The van der Waals surface area contributed by atoms with Crippen LogP contribution in [0.1, 0.15) is 52.6 Å². The van der Waals surface area contributed by atoms with Gasteiger partial charge in [-0.15, -0.1) is 11.3 Å². The van der Waals surface area contributed by atoms with Crippen molar-refractivity contribution >= 4 is 28.6 Å². The molecule has 2 aromatic rings. The molecule has 2 aromatic heterocycles. The van der Waals surface area contributed by atoms with Crippen molar-refractivity contribution in [2.24, 2.45) is 0 Å². The first-order chi connectivity index (χ1) is 16.6. The molecule has 3 heterocycles. The molecule has 1 aliphatic carbocycles. The van der Waals surface area contributed by atoms with Gasteiger partial charge in [-0.1, -0.05) is 11.3 Å². The third-order valence-electron chi connectivity index (χ3n) is 6.56. The van der Waals surface area contributed by atoms with E-state index in [2.05, 4.69) is 20.2 Å². The average Bonchev–Trinajstić information content (AvgIpc) is 3.33. The number of rotatable bonds is 8. The van der Waals surface area contributed by atoms with Crippen molar-refractivity contribution in [3.05, 3.63) is 26.7 Å². The van der Waals surface area contributed by atoms with Gasteiger partial charge < -0.3 is 15.0 Å². The van der Waals surface area contributed by atoms with Gasteiger partial charge in [0, 0.05) is 48.0 Å². The van der Waals surface area contributed by atoms with Crippen molar-refractivity contribution in [2.75, 3.05) is 26.2 Å². The molecule has 0 radical (unpaired) electrons. The van der Waals surface area contributed by atoms with Crippen molar-refractivity contribution < 1.29 is 27.1 Å². The molecule has 194 valence electrons. The van der Waals surface area contributed by atoms with Crippen LogP contribution < -0.4 is 10.1 Å². The second kappa shape index (κ2) is 11.1. The van der Waals surface area contributed by atoms with Crippen molar-refractivity contribution in [3.8, 4) is 5.19 Å². The SMILES string of the molecule is Cc1ncc(CC(=O)N[C@H]2CC[C@](F)(CCN3CCc4nc(OCC(F)(F)F)sc4CC3)CC2)s1. The summed E-state index contributed by atoms with van der Waals surface area (Å²) in [6.07, 6.45) is 1.52. The van der Waals surface area contributed by atoms with Gasteiger partial charge in [0.2, 0.25) is 5.91 Å². The highest BCUT2D eigenvalue weighted by Crippen LogP contribution is 2.36. The van der Waals surface area contributed by atoms with Crippen LogP contribution in [0.2, 0.25) is 0 Å². The highest BCUT2D eigenvalue weighted by molar-refractivity contribution is 7.13. The molecule has 1 aliphatic heterocycles. The minimum Gasteiger partial charge on any atom is -0.460 e. The third kappa shape index (κ3) is 7.85. The first kappa shape index (κ1) is 26.3. The summed E-state index contributed by atoms with van der Waals surface area (Å²) < 4.78 is 57.3. The predicted molar refractivity (Wildman–Crippen MR) is 127 cm³/mol. The lowest BCUT2D eigenvalue weighted by Gasteiger charge is -2.35. The third-order valence-corrected chi connectivity index (χ3v) is 8.55. The number of hydrogen-bond acceptors (Lipinski definition) is 7. The van der Waals surface area contributed by atoms with E-state index in [0.29, 0.717) is 64.5 Å². The van der Waals surface area contributed by atoms with E-state index in [1.54, 1.807) is 6.20 Å². The summed E-state index contributed by atoms with van der Waals surface area (Å²) in [7, 11) is 0. The summed E-state index contributed by atoms with van der Waals surface area (Å²) in [5.41, 5.74) is -0.446. The first-order valence-electron chi connectivity index (χ1n) is 11.9. The van der Waals surface area contributed by atoms with Gasteiger partial charge in [-0.25, -0.2) is 14.4 Å². The zero-order valence-corrected chi connectivity index (χ0v) is 21.3. The summed E-state index contributed by atoms with van der Waals surface area (Å²) in [4.78, 5) is 24.8. The summed E-state index contributed by atoms with van der Waals surface area (Å²) in [5, 5.41) is 4.04. The maximum Gasteiger partial charge on any atom is 0.422 e. The van der Waals surface area contributed by atoms with Gasteiger partial charge in [-0.05, 0) is 45.4 Å². The Hall–Kier alpha value is -1.79. The smallest absolute Gasteiger partial charge is 0.422 e. The fourth-order valence-corrected chi connectivity index (χ4v) is 6.36. The Labute approximate surface area is 210 Å². The minimum absolute atomic E-state index is 0.00871. The lowest BCUT2D eigenvalue weighted by Crippen LogP contribution is -2.43. The van der Waals surface area contributed by atoms with Crippen LogP contribution in [0.15, 0.2) is 6.20 Å². The van der Waals surface area contributed by atoms with Crippen molar-refractivity contribution in [1.29, 1.82) is 0 Å². The predicted octanol–water partition coefficient (Wildman–Crippen LogP) is 4.65. The normalized spacial score (nSPS) is 23.5. The van der Waals surface area contributed by atoms with Gasteiger partial charge in [0.1, 0.15) is 5.67 Å². The van der Waals surface area contributed by atoms with E-state index in [1.807, 2.05) is 6.92 Å². The van der Waals surface area contributed by atoms with Gasteiger partial charge >= 0.3 is 6.18 Å². The molecule has 12 heteroatoms. The van der Waals surface area contributed by atoms with Crippen molar-refractivity contribution in [3.63, 3.8) is 0 Å². The highest BCUT2D eigenvalue weighted by Gasteiger charge is 2.36. The molecular weight excluding hydrogens is 504 g/mol. The number of halogens is 4. The number of fused-ring (bicyclic) bond motifs is 1. The molecule has 0 unspecified atom stereocenters. The van der Waals surface area contributed by atoms with E-state index >= 15 is 4.39 Å². The molecule has 6 nitrogen and oxygen atoms in total. The average molecular weight is 535 g/mol. The van der Waals surface area contributed by atoms with E-state index in [-0.39, 0.29) is 17.1 Å². The van der Waals surface area contributed by atoms with Crippen molar-refractivity contribution in [2.45, 2.75) is 76.2 Å². The second-order valence-electron chi connectivity index (χ2n) is 9.36. The standard InChI is InChI=1S/C23H30F4N4O2S2/c1-15-28-13-17(34-15)12-20(32)29-16-2-6-22(24,7-3-16)8-11-31-9-4-18-19(5-10-31)35-21(30-18)33-14-23(25,26)27/h13,16H,2-12,14H2,1H3,(H,29,32)/t16-,22+. The molecular formula is C23H30F4N4O2S2. The number of carbonyl (C=O) groups excluding carboxylic acids is 1. The number of carbonyl (C=O) groups is 1. The monoisotopic (exact) mass is 534 g/mol. The first-order valence-corrected chi connectivity index (χ1v) is 13.5. The number of aryl methyl sites for hydroxylation is 1. The fraction of sp³-hybridized carbons (Fsp3) is 0.696. The molecule has 2 aliphatic rings. The summed E-state index contributed by atoms with van der Waals surface area (Å²) in [5.74, 6) is -0.0392. The summed E-state index contributed by atoms with van der Waals surface area (Å²) in [6.45, 7) is 2.62. The number of ether oxygens (including phenoxy) is 1. The molecule has 1 N–H and O–H groups in total. The number of aromatic nitrogens is 2. The highest BCUT2D eigenvalue weighted by atomic mass is 32.1. The molecule has 0 aromatic carbocycles. The number of nitrogens with one attached hydrogen (secondary N) is 1. The lowest BCUT2D eigenvalue weighted by molar-refractivity contribution is -0.153. The number of thiazole rings is 2. The Morgan fingerprint density at radius 3 is 2.69 bits per heavy atom. The molecule has 0 bridgehead atoms. The summed E-state index contributed by atoms with van der Waals surface area (Å²) in [6, 6.07) is 0.00871. The van der Waals surface area contributed by atoms with E-state index in [9.17, 15) is 18.0 Å². The minimum atomic E-state index is -4.38. The molecule has 0 saturated heterocycles. The zero-order valence-electron chi connectivity index (χ0n) is 19.6. The maximum absolute atomic E-state index is 15.5. The van der Waals surface area contributed by atoms with Gasteiger partial charge in [0.15, 0.2) is 6.61 Å². The van der Waals surface area contributed by atoms with E-state index in [0.717, 1.165) is 27.0 Å². The lowest BCUT2D eigenvalue weighted by atomic mass is 9.81. The Kier molecular flexibility index (Phi) is 8.32. The molecule has 0 spiro atoms. The van der Waals surface area contributed by atoms with Gasteiger partial charge in [-0.2, -0.15) is 13.2 Å². The van der Waals surface area contributed by atoms with E-state index < -0.39 is 18.5 Å². The van der Waals surface area contributed by atoms with Crippen LogP contribution in [-0.4, -0.2) is 64.9 Å². The van der Waals surface area contributed by atoms with E-state index in [1.165, 1.54) is 22.7 Å². The van der Waals surface area contributed by atoms with Crippen LogP contribution in [0.4, 0.5) is 17.6 Å². The van der Waals surface area contributed by atoms with Gasteiger partial charge in [0.25, 0.3) is 5.19 Å². The fourth-order valence-electron chi connectivity index (χ4n) is 4.63. The maximum atomic E-state index is 15.5. The summed E-state index contributed by atoms with van der Waals surface area (Å²) >= 11 is 2.68. The Balaban J connectivity index is 1.17. The van der Waals surface area contributed by atoms with Crippen molar-refractivity contribution in [1.82, 2.24) is 20.2 Å². The largest absolute Gasteiger partial charge is 0.460 e. The topological polar surface area (TPSA) is 67.4 Å². The van der Waals surface area contributed by atoms with Crippen LogP contribution >= 0.6 is 22.7 Å². The Bertz CT molecular complexity index is 977. The molecule has 1 amide bonds. The molecule has 1 saturated carbocycles. The second-order valence-corrected chi connectivity index (χ2v) is 11.7. The Morgan fingerprint density at radius 2 is 2.00 bits per heavy atom. The molecule has 0 atom stereocenters. The van der Waals surface area contributed by atoms with Gasteiger partial charge in [-0.3, -0.25) is 4.79 Å². The van der Waals surface area contributed by atoms with Crippen LogP contribution in [0.25, 0.3) is 0 Å². The number of alkyl halides is 4. The zero-order chi connectivity index (χ0) is 25.1. The van der Waals surface area contributed by atoms with E-state index in [4.69, 9.17) is 4.74 Å². The Morgan fingerprint density at radius 1 is 1.26 bits per heavy atom.